The van der Waals surface area contributed by atoms with Crippen LogP contribution in [0.4, 0.5) is 0 Å². The fourth-order valence-corrected chi connectivity index (χ4v) is 2.84. The van der Waals surface area contributed by atoms with Crippen molar-refractivity contribution in [2.45, 2.75) is 57.9 Å². The quantitative estimate of drug-likeness (QED) is 0.847. The van der Waals surface area contributed by atoms with Gasteiger partial charge in [0, 0.05) is 31.3 Å². The maximum atomic E-state index is 12.5. The largest absolute Gasteiger partial charge is 0.341 e. The lowest BCUT2D eigenvalue weighted by atomic mass is 9.96. The summed E-state index contributed by atoms with van der Waals surface area (Å²) in [5.74, 6) is 1.32. The second kappa shape index (κ2) is 6.70. The van der Waals surface area contributed by atoms with Gasteiger partial charge in [-0.15, -0.1) is 0 Å². The molecule has 0 bridgehead atoms. The summed E-state index contributed by atoms with van der Waals surface area (Å²) in [6.45, 7) is 7.57. The van der Waals surface area contributed by atoms with Gasteiger partial charge in [0.1, 0.15) is 12.7 Å². The van der Waals surface area contributed by atoms with E-state index in [9.17, 15) is 4.79 Å². The number of carbonyl (C=O) groups excluding carboxylic acids is 1. The molecule has 0 saturated carbocycles. The Labute approximate surface area is 141 Å². The number of hydrogen-bond donors (Lipinski definition) is 0. The lowest BCUT2D eigenvalue weighted by molar-refractivity contribution is -0.133. The standard InChI is InChI=1S/C16H24N6O2/c1-16(2,3)15-19-13(24-20-15)6-7-14(23)21-8-4-5-12(9-21)22-11-17-10-18-22/h10-12H,4-9H2,1-3H3/t12-/m1/s1. The predicted molar refractivity (Wildman–Crippen MR) is 86.2 cm³/mol. The van der Waals surface area contributed by atoms with Gasteiger partial charge < -0.3 is 9.42 Å². The summed E-state index contributed by atoms with van der Waals surface area (Å²) in [6, 6.07) is 0.209. The van der Waals surface area contributed by atoms with Crippen molar-refractivity contribution < 1.29 is 9.32 Å². The minimum atomic E-state index is -0.149. The molecule has 1 amide bonds. The van der Waals surface area contributed by atoms with E-state index < -0.39 is 0 Å². The number of amides is 1. The van der Waals surface area contributed by atoms with E-state index in [1.807, 2.05) is 30.4 Å². The Kier molecular flexibility index (Phi) is 4.64. The van der Waals surface area contributed by atoms with Crippen LogP contribution in [-0.2, 0) is 16.6 Å². The van der Waals surface area contributed by atoms with Crippen molar-refractivity contribution in [3.63, 3.8) is 0 Å². The van der Waals surface area contributed by atoms with Crippen LogP contribution in [0.15, 0.2) is 17.2 Å². The topological polar surface area (TPSA) is 89.9 Å². The maximum Gasteiger partial charge on any atom is 0.227 e. The van der Waals surface area contributed by atoms with Crippen molar-refractivity contribution in [3.05, 3.63) is 24.4 Å². The Bertz CT molecular complexity index is 673. The van der Waals surface area contributed by atoms with Crippen LogP contribution in [0.5, 0.6) is 0 Å². The van der Waals surface area contributed by atoms with Crippen molar-refractivity contribution >= 4 is 5.91 Å². The average molecular weight is 332 g/mol. The molecule has 2 aromatic rings. The first-order valence-corrected chi connectivity index (χ1v) is 8.38. The molecule has 130 valence electrons. The van der Waals surface area contributed by atoms with Gasteiger partial charge in [-0.05, 0) is 12.8 Å². The summed E-state index contributed by atoms with van der Waals surface area (Å²) in [7, 11) is 0. The van der Waals surface area contributed by atoms with Crippen LogP contribution < -0.4 is 0 Å². The number of likely N-dealkylation sites (tertiary alicyclic amines) is 1. The summed E-state index contributed by atoms with van der Waals surface area (Å²) < 4.78 is 7.10. The zero-order chi connectivity index (χ0) is 17.2. The molecule has 8 heteroatoms. The molecule has 0 radical (unpaired) electrons. The highest BCUT2D eigenvalue weighted by Crippen LogP contribution is 2.22. The molecular weight excluding hydrogens is 308 g/mol. The van der Waals surface area contributed by atoms with Gasteiger partial charge in [-0.25, -0.2) is 9.67 Å². The zero-order valence-corrected chi connectivity index (χ0v) is 14.5. The number of rotatable bonds is 4. The predicted octanol–water partition coefficient (Wildman–Crippen LogP) is 1.75. The van der Waals surface area contributed by atoms with Gasteiger partial charge in [-0.3, -0.25) is 4.79 Å². The van der Waals surface area contributed by atoms with E-state index >= 15 is 0 Å². The molecule has 1 aliphatic heterocycles. The minimum Gasteiger partial charge on any atom is -0.341 e. The number of aryl methyl sites for hydroxylation is 1. The summed E-state index contributed by atoms with van der Waals surface area (Å²) in [4.78, 5) is 22.8. The van der Waals surface area contributed by atoms with Crippen LogP contribution in [0, 0.1) is 0 Å². The maximum absolute atomic E-state index is 12.5. The van der Waals surface area contributed by atoms with Crippen LogP contribution in [-0.4, -0.2) is 48.8 Å². The first-order valence-electron chi connectivity index (χ1n) is 8.38. The molecule has 0 aromatic carbocycles. The third-order valence-corrected chi connectivity index (χ3v) is 4.25. The normalized spacial score (nSPS) is 18.8. The zero-order valence-electron chi connectivity index (χ0n) is 14.5. The van der Waals surface area contributed by atoms with Gasteiger partial charge in [0.25, 0.3) is 0 Å². The number of aromatic nitrogens is 5. The van der Waals surface area contributed by atoms with Crippen LogP contribution >= 0.6 is 0 Å². The second-order valence-corrected chi connectivity index (χ2v) is 7.27. The SMILES string of the molecule is CC(C)(C)c1noc(CCC(=O)N2CCC[C@@H](n3cncn3)C2)n1. The molecule has 1 saturated heterocycles. The molecule has 24 heavy (non-hydrogen) atoms. The van der Waals surface area contributed by atoms with E-state index in [1.54, 1.807) is 6.33 Å². The molecule has 2 aromatic heterocycles. The fraction of sp³-hybridized carbons (Fsp3) is 0.688. The molecule has 3 rings (SSSR count). The smallest absolute Gasteiger partial charge is 0.227 e. The van der Waals surface area contributed by atoms with Crippen molar-refractivity contribution in [1.82, 2.24) is 29.8 Å². The van der Waals surface area contributed by atoms with E-state index in [1.165, 1.54) is 6.33 Å². The van der Waals surface area contributed by atoms with Crippen LogP contribution in [0.25, 0.3) is 0 Å². The summed E-state index contributed by atoms with van der Waals surface area (Å²) in [5, 5.41) is 8.18. The third kappa shape index (κ3) is 3.80. The van der Waals surface area contributed by atoms with E-state index in [0.717, 1.165) is 19.4 Å². The van der Waals surface area contributed by atoms with Gasteiger partial charge in [-0.2, -0.15) is 10.1 Å². The molecule has 8 nitrogen and oxygen atoms in total. The Balaban J connectivity index is 1.54. The summed E-state index contributed by atoms with van der Waals surface area (Å²) in [5.41, 5.74) is -0.149. The molecule has 3 heterocycles. The highest BCUT2D eigenvalue weighted by Gasteiger charge is 2.26. The van der Waals surface area contributed by atoms with E-state index in [4.69, 9.17) is 4.52 Å². The van der Waals surface area contributed by atoms with Crippen LogP contribution in [0.3, 0.4) is 0 Å². The fourth-order valence-electron chi connectivity index (χ4n) is 2.84. The Morgan fingerprint density at radius 2 is 2.25 bits per heavy atom. The lowest BCUT2D eigenvalue weighted by Crippen LogP contribution is -2.41. The lowest BCUT2D eigenvalue weighted by Gasteiger charge is -2.32. The van der Waals surface area contributed by atoms with E-state index in [-0.39, 0.29) is 17.4 Å². The number of piperidine rings is 1. The molecule has 1 fully saturated rings. The van der Waals surface area contributed by atoms with Crippen LogP contribution in [0.1, 0.15) is 57.8 Å². The van der Waals surface area contributed by atoms with E-state index in [0.29, 0.717) is 31.1 Å². The van der Waals surface area contributed by atoms with Gasteiger partial charge in [0.05, 0.1) is 6.04 Å². The molecule has 0 unspecified atom stereocenters. The third-order valence-electron chi connectivity index (χ3n) is 4.25. The van der Waals surface area contributed by atoms with E-state index in [2.05, 4.69) is 20.2 Å². The first kappa shape index (κ1) is 16.6. The molecule has 0 N–H and O–H groups in total. The van der Waals surface area contributed by atoms with Crippen molar-refractivity contribution in [2.75, 3.05) is 13.1 Å². The molecule has 0 spiro atoms. The molecular formula is C16H24N6O2. The molecule has 1 atom stereocenters. The number of hydrogen-bond acceptors (Lipinski definition) is 6. The summed E-state index contributed by atoms with van der Waals surface area (Å²) >= 11 is 0. The van der Waals surface area contributed by atoms with Crippen LogP contribution in [0.2, 0.25) is 0 Å². The first-order chi connectivity index (χ1) is 11.4. The highest BCUT2D eigenvalue weighted by molar-refractivity contribution is 5.76. The Hall–Kier alpha value is -2.25. The monoisotopic (exact) mass is 332 g/mol. The van der Waals surface area contributed by atoms with Crippen molar-refractivity contribution in [1.29, 1.82) is 0 Å². The Morgan fingerprint density at radius 3 is 2.92 bits per heavy atom. The van der Waals surface area contributed by atoms with Gasteiger partial charge in [0.2, 0.25) is 11.8 Å². The molecule has 1 aliphatic rings. The molecule has 0 aliphatic carbocycles. The van der Waals surface area contributed by atoms with Crippen molar-refractivity contribution in [3.8, 4) is 0 Å². The van der Waals surface area contributed by atoms with Gasteiger partial charge in [0.15, 0.2) is 5.82 Å². The van der Waals surface area contributed by atoms with Gasteiger partial charge in [-0.1, -0.05) is 25.9 Å². The average Bonchev–Trinajstić information content (AvgIpc) is 3.23. The summed E-state index contributed by atoms with van der Waals surface area (Å²) in [6.07, 6.45) is 6.10. The Morgan fingerprint density at radius 1 is 1.42 bits per heavy atom. The van der Waals surface area contributed by atoms with Crippen molar-refractivity contribution in [2.24, 2.45) is 0 Å². The van der Waals surface area contributed by atoms with Gasteiger partial charge >= 0.3 is 0 Å². The number of nitrogens with zero attached hydrogens (tertiary/aromatic N) is 6. The highest BCUT2D eigenvalue weighted by atomic mass is 16.5. The number of carbonyl (C=O) groups is 1. The minimum absolute atomic E-state index is 0.121. The second-order valence-electron chi connectivity index (χ2n) is 7.27.